The van der Waals surface area contributed by atoms with Crippen molar-refractivity contribution < 1.29 is 24.1 Å². The van der Waals surface area contributed by atoms with Crippen LogP contribution in [0, 0.1) is 18.3 Å². The number of hydrogen-bond acceptors (Lipinski definition) is 7. The fourth-order valence-corrected chi connectivity index (χ4v) is 6.42. The van der Waals surface area contributed by atoms with Gasteiger partial charge in [0.25, 0.3) is 0 Å². The normalized spacial score (nSPS) is 13.4. The number of aromatic nitrogens is 3. The largest absolute Gasteiger partial charge is 0.488 e. The van der Waals surface area contributed by atoms with Crippen LogP contribution < -0.4 is 4.74 Å². The van der Waals surface area contributed by atoms with Gasteiger partial charge in [-0.25, -0.2) is 9.78 Å². The van der Waals surface area contributed by atoms with Crippen LogP contribution >= 0.6 is 0 Å². The van der Waals surface area contributed by atoms with Crippen LogP contribution in [0.25, 0.3) is 21.9 Å². The molecule has 1 unspecified atom stereocenters. The molecule has 0 aliphatic carbocycles. The second-order valence-electron chi connectivity index (χ2n) is 14.4. The van der Waals surface area contributed by atoms with Gasteiger partial charge in [-0.05, 0) is 82.1 Å². The fraction of sp³-hybridized carbons (Fsp3) is 0.378. The van der Waals surface area contributed by atoms with Crippen LogP contribution in [0.5, 0.6) is 5.75 Å². The molecule has 10 heteroatoms. The Kier molecular flexibility index (Phi) is 9.37. The average molecular weight is 653 g/mol. The maximum absolute atomic E-state index is 13.4. The molecule has 1 N–H and O–H groups in total. The Hall–Kier alpha value is -4.43. The van der Waals surface area contributed by atoms with Crippen molar-refractivity contribution in [2.45, 2.75) is 84.8 Å². The molecule has 0 radical (unpaired) electrons. The van der Waals surface area contributed by atoms with Crippen molar-refractivity contribution in [1.82, 2.24) is 14.1 Å². The monoisotopic (exact) mass is 652 g/mol. The Balaban J connectivity index is 1.70. The van der Waals surface area contributed by atoms with Crippen molar-refractivity contribution in [3.05, 3.63) is 94.9 Å². The van der Waals surface area contributed by atoms with Gasteiger partial charge in [0, 0.05) is 31.8 Å². The minimum absolute atomic E-state index is 0.134. The van der Waals surface area contributed by atoms with E-state index in [0.717, 1.165) is 17.2 Å². The maximum atomic E-state index is 13.4. The molecule has 0 saturated heterocycles. The van der Waals surface area contributed by atoms with Gasteiger partial charge in [-0.15, -0.1) is 0 Å². The summed E-state index contributed by atoms with van der Waals surface area (Å²) in [6, 6.07) is 21.9. The third-order valence-electron chi connectivity index (χ3n) is 7.97. The highest BCUT2D eigenvalue weighted by atomic mass is 28.3. The summed E-state index contributed by atoms with van der Waals surface area (Å²) in [6.45, 7) is 16.9. The summed E-state index contributed by atoms with van der Waals surface area (Å²) in [5.74, 6) is 0.789. The van der Waals surface area contributed by atoms with E-state index in [-0.39, 0.29) is 13.3 Å². The van der Waals surface area contributed by atoms with Crippen molar-refractivity contribution in [3.63, 3.8) is 0 Å². The fourth-order valence-electron chi connectivity index (χ4n) is 5.66. The number of hydrogen-bond donors (Lipinski definition) is 1. The number of benzene rings is 3. The van der Waals surface area contributed by atoms with E-state index < -0.39 is 25.4 Å². The van der Waals surface area contributed by atoms with Crippen LogP contribution in [0.3, 0.4) is 0 Å². The number of nitrogens with zero attached hydrogens (tertiary/aromatic N) is 4. The van der Waals surface area contributed by atoms with E-state index in [1.54, 1.807) is 37.4 Å². The van der Waals surface area contributed by atoms with Crippen LogP contribution in [0.4, 0.5) is 4.79 Å². The number of aliphatic hydroxyl groups is 1. The average Bonchev–Trinajstić information content (AvgIpc) is 3.60. The zero-order valence-electron chi connectivity index (χ0n) is 28.5. The van der Waals surface area contributed by atoms with Gasteiger partial charge in [-0.1, -0.05) is 50.0 Å². The Morgan fingerprint density at radius 3 is 2.43 bits per heavy atom. The molecule has 5 aromatic rings. The number of fused-ring (bicyclic) bond motifs is 2. The molecule has 5 rings (SSSR count). The highest BCUT2D eigenvalue weighted by Gasteiger charge is 2.38. The van der Waals surface area contributed by atoms with E-state index in [4.69, 9.17) is 19.2 Å². The second kappa shape index (κ2) is 13.0. The van der Waals surface area contributed by atoms with Gasteiger partial charge in [0.2, 0.25) is 0 Å². The zero-order chi connectivity index (χ0) is 34.1. The zero-order valence-corrected chi connectivity index (χ0v) is 29.5. The van der Waals surface area contributed by atoms with Crippen LogP contribution in [0.1, 0.15) is 55.8 Å². The predicted octanol–water partition coefficient (Wildman–Crippen LogP) is 8.10. The van der Waals surface area contributed by atoms with E-state index >= 15 is 0 Å². The topological polar surface area (TPSA) is 112 Å². The van der Waals surface area contributed by atoms with E-state index in [0.29, 0.717) is 51.2 Å². The van der Waals surface area contributed by atoms with Crippen LogP contribution in [-0.4, -0.2) is 45.6 Å². The number of ether oxygens (including phenoxy) is 3. The number of carbonyl (C=O) groups excluding carboxylic acids is 1. The van der Waals surface area contributed by atoms with Crippen LogP contribution in [-0.2, 0) is 28.4 Å². The summed E-state index contributed by atoms with van der Waals surface area (Å²) in [5.41, 5.74) is 2.14. The lowest BCUT2D eigenvalue weighted by Gasteiger charge is -2.28. The highest BCUT2D eigenvalue weighted by molar-refractivity contribution is 6.76. The molecular formula is C37H44N4O5Si. The molecule has 0 spiro atoms. The molecule has 9 nitrogen and oxygen atoms in total. The number of nitriles is 1. The summed E-state index contributed by atoms with van der Waals surface area (Å²) in [5, 5.41) is 23.1. The Bertz CT molecular complexity index is 1960. The standard InChI is InChI=1S/C37H44N4O5Si/c1-25-20-31(45-23-26-12-10-9-11-13-26)32(28-16-17-40(33(25)28)35(42)46-36(2,3)4)37(5,43)34-39-29-15-14-27(22-38)21-30(29)41(34)24-44-18-19-47(6,7)8/h9-17,20-21,43H,18-19,23-24H2,1-8H3. The van der Waals surface area contributed by atoms with Crippen molar-refractivity contribution in [1.29, 1.82) is 5.26 Å². The molecule has 0 bridgehead atoms. The third kappa shape index (κ3) is 7.43. The van der Waals surface area contributed by atoms with E-state index in [1.165, 1.54) is 4.57 Å². The van der Waals surface area contributed by atoms with Gasteiger partial charge in [0.1, 0.15) is 36.1 Å². The van der Waals surface area contributed by atoms with Gasteiger partial charge in [-0.3, -0.25) is 4.57 Å². The minimum atomic E-state index is -1.73. The summed E-state index contributed by atoms with van der Waals surface area (Å²) < 4.78 is 21.7. The summed E-state index contributed by atoms with van der Waals surface area (Å²) in [6.07, 6.45) is 1.14. The van der Waals surface area contributed by atoms with Crippen LogP contribution in [0.2, 0.25) is 25.7 Å². The van der Waals surface area contributed by atoms with Crippen LogP contribution in [0.15, 0.2) is 66.9 Å². The Labute approximate surface area is 277 Å². The molecule has 0 saturated carbocycles. The first-order valence-electron chi connectivity index (χ1n) is 15.9. The molecule has 246 valence electrons. The van der Waals surface area contributed by atoms with Gasteiger partial charge >= 0.3 is 6.09 Å². The number of rotatable bonds is 10. The Morgan fingerprint density at radius 2 is 1.77 bits per heavy atom. The van der Waals surface area contributed by atoms with Crippen molar-refractivity contribution in [2.75, 3.05) is 6.61 Å². The number of imidazole rings is 1. The summed E-state index contributed by atoms with van der Waals surface area (Å²) in [7, 11) is -1.35. The van der Waals surface area contributed by atoms with Gasteiger partial charge < -0.3 is 23.9 Å². The van der Waals surface area contributed by atoms with E-state index in [9.17, 15) is 15.2 Å². The maximum Gasteiger partial charge on any atom is 0.419 e. The Morgan fingerprint density at radius 1 is 1.04 bits per heavy atom. The number of aryl methyl sites for hydroxylation is 1. The van der Waals surface area contributed by atoms with Crippen molar-refractivity contribution in [3.8, 4) is 11.8 Å². The molecule has 2 heterocycles. The SMILES string of the molecule is Cc1cc(OCc2ccccc2)c(C(C)(O)c2nc3ccc(C#N)cc3n2COCC[Si](C)(C)C)c2ccn(C(=O)OC(C)(C)C)c12. The molecular weight excluding hydrogens is 609 g/mol. The lowest BCUT2D eigenvalue weighted by molar-refractivity contribution is 0.0540. The van der Waals surface area contributed by atoms with Crippen molar-refractivity contribution >= 4 is 36.1 Å². The van der Waals surface area contributed by atoms with Gasteiger partial charge in [0.15, 0.2) is 0 Å². The lowest BCUT2D eigenvalue weighted by atomic mass is 9.89. The first-order valence-corrected chi connectivity index (χ1v) is 19.6. The molecule has 2 aromatic heterocycles. The molecule has 47 heavy (non-hydrogen) atoms. The van der Waals surface area contributed by atoms with E-state index in [1.807, 2.05) is 68.7 Å². The highest BCUT2D eigenvalue weighted by Crippen LogP contribution is 2.43. The third-order valence-corrected chi connectivity index (χ3v) is 9.67. The summed E-state index contributed by atoms with van der Waals surface area (Å²) in [4.78, 5) is 18.3. The predicted molar refractivity (Wildman–Crippen MR) is 186 cm³/mol. The molecule has 1 atom stereocenters. The summed E-state index contributed by atoms with van der Waals surface area (Å²) >= 11 is 0. The van der Waals surface area contributed by atoms with E-state index in [2.05, 4.69) is 25.7 Å². The smallest absolute Gasteiger partial charge is 0.419 e. The lowest BCUT2D eigenvalue weighted by Crippen LogP contribution is -2.30. The molecule has 0 aliphatic rings. The minimum Gasteiger partial charge on any atom is -0.488 e. The molecule has 3 aromatic carbocycles. The molecule has 0 aliphatic heterocycles. The number of carbonyl (C=O) groups is 1. The van der Waals surface area contributed by atoms with Gasteiger partial charge in [0.05, 0.1) is 28.2 Å². The quantitative estimate of drug-likeness (QED) is 0.120. The molecule has 0 amide bonds. The first-order chi connectivity index (χ1) is 22.1. The second-order valence-corrected chi connectivity index (χ2v) is 20.0. The molecule has 0 fully saturated rings. The first kappa shape index (κ1) is 33.9. The van der Waals surface area contributed by atoms with Gasteiger partial charge in [-0.2, -0.15) is 5.26 Å². The van der Waals surface area contributed by atoms with Crippen molar-refractivity contribution in [2.24, 2.45) is 0 Å².